The molecule has 1 saturated heterocycles. The summed E-state index contributed by atoms with van der Waals surface area (Å²) in [6, 6.07) is 5.69. The highest BCUT2D eigenvalue weighted by Crippen LogP contribution is 2.34. The number of rotatable bonds is 10. The number of nitrogen functional groups attached to an aromatic ring is 1. The Morgan fingerprint density at radius 1 is 1.23 bits per heavy atom. The minimum atomic E-state index is -0.0640. The lowest BCUT2D eigenvalue weighted by Crippen LogP contribution is -2.51. The van der Waals surface area contributed by atoms with Crippen molar-refractivity contribution < 1.29 is 9.59 Å². The topological polar surface area (TPSA) is 78.7 Å². The molecule has 2 rings (SSSR count). The minimum absolute atomic E-state index is 0.0270. The molecular formula is C23H35ClN4O2. The van der Waals surface area contributed by atoms with Crippen LogP contribution in [-0.4, -0.2) is 54.3 Å². The number of anilines is 1. The first-order chi connectivity index (χ1) is 14.3. The molecule has 1 aliphatic heterocycles. The Labute approximate surface area is 185 Å². The average molecular weight is 435 g/mol. The number of nitrogens with one attached hydrogen (secondary N) is 1. The van der Waals surface area contributed by atoms with E-state index in [1.165, 1.54) is 0 Å². The predicted octanol–water partition coefficient (Wildman–Crippen LogP) is 3.46. The summed E-state index contributed by atoms with van der Waals surface area (Å²) in [7, 11) is 0. The van der Waals surface area contributed by atoms with E-state index in [2.05, 4.69) is 30.6 Å². The van der Waals surface area contributed by atoms with Crippen molar-refractivity contribution in [2.45, 2.75) is 46.1 Å². The van der Waals surface area contributed by atoms with Crippen molar-refractivity contribution in [2.75, 3.05) is 38.5 Å². The molecule has 30 heavy (non-hydrogen) atoms. The third-order valence-corrected chi connectivity index (χ3v) is 6.57. The van der Waals surface area contributed by atoms with Gasteiger partial charge in [-0.05, 0) is 42.4 Å². The first kappa shape index (κ1) is 24.2. The molecule has 1 fully saturated rings. The van der Waals surface area contributed by atoms with E-state index >= 15 is 0 Å². The molecule has 1 heterocycles. The summed E-state index contributed by atoms with van der Waals surface area (Å²) >= 11 is 6.10. The van der Waals surface area contributed by atoms with E-state index in [9.17, 15) is 9.59 Å². The highest BCUT2D eigenvalue weighted by molar-refractivity contribution is 6.33. The number of carbonyl (C=O) groups is 2. The van der Waals surface area contributed by atoms with Gasteiger partial charge in [-0.2, -0.15) is 0 Å². The summed E-state index contributed by atoms with van der Waals surface area (Å²) in [4.78, 5) is 29.0. The summed E-state index contributed by atoms with van der Waals surface area (Å²) in [5.41, 5.74) is 7.39. The van der Waals surface area contributed by atoms with Crippen molar-refractivity contribution in [2.24, 2.45) is 5.41 Å². The molecule has 0 radical (unpaired) electrons. The zero-order valence-electron chi connectivity index (χ0n) is 18.3. The third-order valence-electron chi connectivity index (χ3n) is 6.25. The first-order valence-electron chi connectivity index (χ1n) is 10.7. The second-order valence-electron chi connectivity index (χ2n) is 8.17. The molecule has 0 saturated carbocycles. The fraction of sp³-hybridized carbons (Fsp3) is 0.565. The SMILES string of the molecule is C=CCC(CC)(CC)CC(=O)NCC(=O)N1CCN(Cc2ccc(N)c(Cl)c2)CC1. The number of nitrogens with zero attached hydrogens (tertiary/aromatic N) is 2. The van der Waals surface area contributed by atoms with Gasteiger partial charge in [0.15, 0.2) is 0 Å². The maximum atomic E-state index is 12.5. The molecule has 7 heteroatoms. The molecule has 0 aromatic heterocycles. The average Bonchev–Trinajstić information content (AvgIpc) is 2.74. The van der Waals surface area contributed by atoms with Crippen LogP contribution in [0.4, 0.5) is 5.69 Å². The van der Waals surface area contributed by atoms with Crippen molar-refractivity contribution >= 4 is 29.1 Å². The molecule has 1 aromatic rings. The molecule has 6 nitrogen and oxygen atoms in total. The van der Waals surface area contributed by atoms with Crippen LogP contribution in [0, 0.1) is 5.41 Å². The van der Waals surface area contributed by atoms with E-state index in [0.717, 1.165) is 44.5 Å². The van der Waals surface area contributed by atoms with E-state index in [0.29, 0.717) is 30.2 Å². The van der Waals surface area contributed by atoms with Crippen LogP contribution in [0.1, 0.15) is 45.1 Å². The fourth-order valence-corrected chi connectivity index (χ4v) is 4.14. The van der Waals surface area contributed by atoms with Gasteiger partial charge in [-0.3, -0.25) is 14.5 Å². The van der Waals surface area contributed by atoms with E-state index in [-0.39, 0.29) is 23.8 Å². The Hall–Kier alpha value is -2.05. The number of halogens is 1. The lowest BCUT2D eigenvalue weighted by Gasteiger charge is -2.35. The zero-order valence-corrected chi connectivity index (χ0v) is 19.0. The monoisotopic (exact) mass is 434 g/mol. The molecule has 0 atom stereocenters. The molecule has 2 amide bonds. The van der Waals surface area contributed by atoms with Crippen LogP contribution in [0.25, 0.3) is 0 Å². The lowest BCUT2D eigenvalue weighted by atomic mass is 9.76. The van der Waals surface area contributed by atoms with E-state index in [1.54, 1.807) is 0 Å². The summed E-state index contributed by atoms with van der Waals surface area (Å²) in [6.45, 7) is 11.7. The number of allylic oxidation sites excluding steroid dienone is 1. The Morgan fingerprint density at radius 2 is 1.90 bits per heavy atom. The van der Waals surface area contributed by atoms with Crippen molar-refractivity contribution in [3.05, 3.63) is 41.4 Å². The van der Waals surface area contributed by atoms with Gasteiger partial charge >= 0.3 is 0 Å². The van der Waals surface area contributed by atoms with Crippen LogP contribution in [0.2, 0.25) is 5.02 Å². The second kappa shape index (κ2) is 11.4. The molecule has 0 unspecified atom stereocenters. The van der Waals surface area contributed by atoms with Gasteiger partial charge in [0, 0.05) is 39.1 Å². The molecule has 0 spiro atoms. The maximum absolute atomic E-state index is 12.5. The number of nitrogens with two attached hydrogens (primary N) is 1. The second-order valence-corrected chi connectivity index (χ2v) is 8.57. The highest BCUT2D eigenvalue weighted by atomic mass is 35.5. The third kappa shape index (κ3) is 6.74. The number of benzene rings is 1. The molecule has 0 aliphatic carbocycles. The normalized spacial score (nSPS) is 15.1. The van der Waals surface area contributed by atoms with Crippen LogP contribution in [0.3, 0.4) is 0 Å². The Balaban J connectivity index is 1.76. The van der Waals surface area contributed by atoms with Gasteiger partial charge < -0.3 is 16.0 Å². The van der Waals surface area contributed by atoms with Gasteiger partial charge in [-0.25, -0.2) is 0 Å². The number of hydrogen-bond acceptors (Lipinski definition) is 4. The number of amides is 2. The summed E-state index contributed by atoms with van der Waals surface area (Å²) in [5.74, 6) is -0.0892. The van der Waals surface area contributed by atoms with Gasteiger partial charge in [0.25, 0.3) is 0 Å². The van der Waals surface area contributed by atoms with Crippen molar-refractivity contribution in [3.63, 3.8) is 0 Å². The smallest absolute Gasteiger partial charge is 0.242 e. The molecule has 3 N–H and O–H groups in total. The highest BCUT2D eigenvalue weighted by Gasteiger charge is 2.28. The number of piperazine rings is 1. The lowest BCUT2D eigenvalue weighted by molar-refractivity contribution is -0.134. The van der Waals surface area contributed by atoms with Crippen molar-refractivity contribution in [1.82, 2.24) is 15.1 Å². The summed E-state index contributed by atoms with van der Waals surface area (Å²) in [6.07, 6.45) is 4.94. The first-order valence-corrected chi connectivity index (χ1v) is 11.1. The van der Waals surface area contributed by atoms with Crippen molar-refractivity contribution in [3.8, 4) is 0 Å². The molecule has 166 valence electrons. The summed E-state index contributed by atoms with van der Waals surface area (Å²) < 4.78 is 0. The predicted molar refractivity (Wildman–Crippen MR) is 123 cm³/mol. The molecular weight excluding hydrogens is 400 g/mol. The zero-order chi connectivity index (χ0) is 22.1. The van der Waals surface area contributed by atoms with E-state index < -0.39 is 0 Å². The van der Waals surface area contributed by atoms with Crippen LogP contribution < -0.4 is 11.1 Å². The minimum Gasteiger partial charge on any atom is -0.398 e. The quantitative estimate of drug-likeness (QED) is 0.436. The Bertz CT molecular complexity index is 741. The van der Waals surface area contributed by atoms with Crippen LogP contribution in [0.5, 0.6) is 0 Å². The van der Waals surface area contributed by atoms with Gasteiger partial charge in [0.1, 0.15) is 0 Å². The standard InChI is InChI=1S/C23H35ClN4O2/c1-4-9-23(5-2,6-3)15-21(29)26-16-22(30)28-12-10-27(11-13-28)17-18-7-8-20(25)19(24)14-18/h4,7-8,14H,1,5-6,9-13,15-17,25H2,2-3H3,(H,26,29). The van der Waals surface area contributed by atoms with E-state index in [1.807, 2.05) is 29.2 Å². The van der Waals surface area contributed by atoms with Gasteiger partial charge in [-0.15, -0.1) is 6.58 Å². The van der Waals surface area contributed by atoms with Crippen molar-refractivity contribution in [1.29, 1.82) is 0 Å². The van der Waals surface area contributed by atoms with Gasteiger partial charge in [0.2, 0.25) is 11.8 Å². The Kier molecular flexibility index (Phi) is 9.18. The molecule has 1 aliphatic rings. The van der Waals surface area contributed by atoms with E-state index in [4.69, 9.17) is 17.3 Å². The van der Waals surface area contributed by atoms with Crippen LogP contribution in [-0.2, 0) is 16.1 Å². The van der Waals surface area contributed by atoms with Crippen LogP contribution in [0.15, 0.2) is 30.9 Å². The number of hydrogen-bond donors (Lipinski definition) is 2. The molecule has 1 aromatic carbocycles. The van der Waals surface area contributed by atoms with Crippen LogP contribution >= 0.6 is 11.6 Å². The summed E-state index contributed by atoms with van der Waals surface area (Å²) in [5, 5.41) is 3.39. The Morgan fingerprint density at radius 3 is 2.47 bits per heavy atom. The molecule has 0 bridgehead atoms. The van der Waals surface area contributed by atoms with Gasteiger partial charge in [0.05, 0.1) is 17.3 Å². The van der Waals surface area contributed by atoms with Gasteiger partial charge in [-0.1, -0.05) is 37.6 Å². The fourth-order valence-electron chi connectivity index (χ4n) is 3.94. The largest absolute Gasteiger partial charge is 0.398 e. The maximum Gasteiger partial charge on any atom is 0.242 e. The number of carbonyl (C=O) groups excluding carboxylic acids is 2.